The maximum atomic E-state index is 11.1. The van der Waals surface area contributed by atoms with Crippen molar-refractivity contribution in [2.45, 2.75) is 25.0 Å². The lowest BCUT2D eigenvalue weighted by atomic mass is 10.4. The average molecular weight is 316 g/mol. The molecule has 20 heavy (non-hydrogen) atoms. The molecule has 0 aromatic carbocycles. The first-order valence-electron chi connectivity index (χ1n) is 6.20. The van der Waals surface area contributed by atoms with Gasteiger partial charge in [0.2, 0.25) is 11.9 Å². The lowest BCUT2D eigenvalue weighted by Crippen LogP contribution is -2.17. The van der Waals surface area contributed by atoms with Crippen molar-refractivity contribution in [2.24, 2.45) is 0 Å². The van der Waals surface area contributed by atoms with Crippen molar-refractivity contribution in [2.75, 3.05) is 36.2 Å². The molecule has 0 aliphatic heterocycles. The zero-order chi connectivity index (χ0) is 15.0. The largest absolute Gasteiger partial charge is 0.353 e. The summed E-state index contributed by atoms with van der Waals surface area (Å²) < 4.78 is 0. The van der Waals surface area contributed by atoms with E-state index in [1.807, 2.05) is 20.1 Å². The highest BCUT2D eigenvalue weighted by atomic mass is 32.2. The van der Waals surface area contributed by atoms with Crippen LogP contribution in [0.3, 0.4) is 0 Å². The molecule has 0 fully saturated rings. The Bertz CT molecular complexity index is 443. The first kappa shape index (κ1) is 16.8. The Kier molecular flexibility index (Phi) is 7.45. The highest BCUT2D eigenvalue weighted by Crippen LogP contribution is 2.14. The van der Waals surface area contributed by atoms with E-state index >= 15 is 0 Å². The summed E-state index contributed by atoms with van der Waals surface area (Å²) in [5, 5.41) is 9.41. The van der Waals surface area contributed by atoms with Crippen molar-refractivity contribution in [1.29, 1.82) is 0 Å². The predicted octanol–water partition coefficient (Wildman–Crippen LogP) is 1.90. The molecular formula is C11H20N6OS2. The summed E-state index contributed by atoms with van der Waals surface area (Å²) >= 11 is 2.68. The summed E-state index contributed by atoms with van der Waals surface area (Å²) in [5.74, 6) is 1.72. The molecule has 9 heteroatoms. The Morgan fingerprint density at radius 3 is 2.55 bits per heavy atom. The number of anilines is 2. The quantitative estimate of drug-likeness (QED) is 0.519. The molecular weight excluding hydrogens is 296 g/mol. The van der Waals surface area contributed by atoms with Crippen molar-refractivity contribution in [1.82, 2.24) is 20.3 Å². The number of carbonyl (C=O) groups is 1. The number of carbonyl (C=O) groups excluding carboxylic acids is 1. The van der Waals surface area contributed by atoms with Crippen molar-refractivity contribution >= 4 is 40.7 Å². The number of thioether (sulfide) groups is 2. The van der Waals surface area contributed by atoms with Crippen molar-refractivity contribution in [3.63, 3.8) is 0 Å². The van der Waals surface area contributed by atoms with E-state index in [9.17, 15) is 4.79 Å². The van der Waals surface area contributed by atoms with Crippen LogP contribution in [0.2, 0.25) is 0 Å². The number of amides is 1. The van der Waals surface area contributed by atoms with Crippen LogP contribution in [0.15, 0.2) is 5.16 Å². The van der Waals surface area contributed by atoms with Gasteiger partial charge in [0.1, 0.15) is 0 Å². The normalized spacial score (nSPS) is 10.4. The summed E-state index contributed by atoms with van der Waals surface area (Å²) in [6, 6.07) is 0.253. The molecule has 1 rings (SSSR count). The topological polar surface area (TPSA) is 91.8 Å². The van der Waals surface area contributed by atoms with Gasteiger partial charge in [0.25, 0.3) is 5.24 Å². The number of hydrogen-bond acceptors (Lipinski definition) is 8. The Balaban J connectivity index is 2.57. The van der Waals surface area contributed by atoms with E-state index in [1.54, 1.807) is 7.05 Å². The van der Waals surface area contributed by atoms with Gasteiger partial charge in [-0.25, -0.2) is 0 Å². The van der Waals surface area contributed by atoms with Gasteiger partial charge in [0, 0.05) is 25.4 Å². The molecule has 3 N–H and O–H groups in total. The van der Waals surface area contributed by atoms with Gasteiger partial charge in [0.05, 0.1) is 0 Å². The zero-order valence-corrected chi connectivity index (χ0v) is 13.7. The smallest absolute Gasteiger partial charge is 0.278 e. The van der Waals surface area contributed by atoms with Crippen molar-refractivity contribution in [3.05, 3.63) is 0 Å². The lowest BCUT2D eigenvalue weighted by Gasteiger charge is -2.11. The van der Waals surface area contributed by atoms with E-state index in [1.165, 1.54) is 23.5 Å². The molecule has 0 atom stereocenters. The molecule has 1 heterocycles. The molecule has 1 amide bonds. The van der Waals surface area contributed by atoms with Gasteiger partial charge >= 0.3 is 0 Å². The van der Waals surface area contributed by atoms with E-state index in [-0.39, 0.29) is 11.3 Å². The minimum absolute atomic E-state index is 0.0468. The van der Waals surface area contributed by atoms with E-state index in [4.69, 9.17) is 0 Å². The fourth-order valence-electron chi connectivity index (χ4n) is 1.23. The van der Waals surface area contributed by atoms with Crippen LogP contribution in [-0.2, 0) is 0 Å². The van der Waals surface area contributed by atoms with Crippen LogP contribution in [0.5, 0.6) is 0 Å². The second-order valence-corrected chi connectivity index (χ2v) is 5.92. The van der Waals surface area contributed by atoms with Gasteiger partial charge in [-0.1, -0.05) is 23.5 Å². The van der Waals surface area contributed by atoms with Gasteiger partial charge in [-0.15, -0.1) is 0 Å². The molecule has 1 aromatic rings. The highest BCUT2D eigenvalue weighted by Gasteiger charge is 2.07. The van der Waals surface area contributed by atoms with Crippen LogP contribution < -0.4 is 16.0 Å². The molecule has 0 saturated heterocycles. The molecule has 0 spiro atoms. The molecule has 0 radical (unpaired) electrons. The van der Waals surface area contributed by atoms with Crippen LogP contribution in [0.25, 0.3) is 0 Å². The Morgan fingerprint density at radius 1 is 1.25 bits per heavy atom. The molecule has 0 bridgehead atoms. The minimum atomic E-state index is -0.0468. The predicted molar refractivity (Wildman–Crippen MR) is 85.8 cm³/mol. The summed E-state index contributed by atoms with van der Waals surface area (Å²) in [7, 11) is 1.61. The number of rotatable bonds is 7. The first-order valence-corrected chi connectivity index (χ1v) is 8.41. The van der Waals surface area contributed by atoms with Gasteiger partial charge in [-0.3, -0.25) is 4.79 Å². The average Bonchev–Trinajstić information content (AvgIpc) is 2.42. The first-order chi connectivity index (χ1) is 9.55. The fraction of sp³-hybridized carbons (Fsp3) is 0.636. The molecule has 0 unspecified atom stereocenters. The molecule has 1 aromatic heterocycles. The SMILES string of the molecule is CNC(=O)SCCNc1nc(NC(C)C)nc(SC)n1. The van der Waals surface area contributed by atoms with E-state index < -0.39 is 0 Å². The zero-order valence-electron chi connectivity index (χ0n) is 12.1. The lowest BCUT2D eigenvalue weighted by molar-refractivity contribution is 0.262. The van der Waals surface area contributed by atoms with Crippen molar-refractivity contribution in [3.8, 4) is 0 Å². The van der Waals surface area contributed by atoms with Gasteiger partial charge < -0.3 is 16.0 Å². The molecule has 7 nitrogen and oxygen atoms in total. The van der Waals surface area contributed by atoms with Gasteiger partial charge in [0.15, 0.2) is 5.16 Å². The number of nitrogens with one attached hydrogen (secondary N) is 3. The maximum Gasteiger partial charge on any atom is 0.278 e. The summed E-state index contributed by atoms with van der Waals surface area (Å²) in [6.07, 6.45) is 1.92. The second-order valence-electron chi connectivity index (χ2n) is 4.08. The minimum Gasteiger partial charge on any atom is -0.353 e. The Hall–Kier alpha value is -1.22. The van der Waals surface area contributed by atoms with E-state index in [0.717, 1.165) is 0 Å². The molecule has 112 valence electrons. The third-order valence-corrected chi connectivity index (χ3v) is 3.46. The standard InChI is InChI=1S/C11H20N6OS2/c1-7(2)14-9-15-8(16-10(17-9)19-4)13-5-6-20-11(18)12-3/h7H,5-6H2,1-4H3,(H,12,18)(H2,13,14,15,16,17). The third-order valence-electron chi connectivity index (χ3n) is 2.04. The van der Waals surface area contributed by atoms with Crippen LogP contribution >= 0.6 is 23.5 Å². The second kappa shape index (κ2) is 8.85. The van der Waals surface area contributed by atoms with Crippen LogP contribution in [0.1, 0.15) is 13.8 Å². The Labute approximate surface area is 127 Å². The number of hydrogen-bond donors (Lipinski definition) is 3. The highest BCUT2D eigenvalue weighted by molar-refractivity contribution is 8.13. The van der Waals surface area contributed by atoms with Crippen LogP contribution in [-0.4, -0.2) is 51.8 Å². The number of aromatic nitrogens is 3. The van der Waals surface area contributed by atoms with E-state index in [2.05, 4.69) is 30.9 Å². The summed E-state index contributed by atoms with van der Waals surface area (Å²) in [6.45, 7) is 4.66. The molecule has 0 aliphatic rings. The van der Waals surface area contributed by atoms with Crippen LogP contribution in [0, 0.1) is 0 Å². The van der Waals surface area contributed by atoms with Gasteiger partial charge in [-0.05, 0) is 20.1 Å². The summed E-state index contributed by atoms with van der Waals surface area (Å²) in [4.78, 5) is 23.9. The third kappa shape index (κ3) is 6.29. The van der Waals surface area contributed by atoms with Gasteiger partial charge in [-0.2, -0.15) is 15.0 Å². The molecule has 0 aliphatic carbocycles. The van der Waals surface area contributed by atoms with Crippen molar-refractivity contribution < 1.29 is 4.79 Å². The fourth-order valence-corrected chi connectivity index (χ4v) is 2.12. The number of nitrogens with zero attached hydrogens (tertiary/aromatic N) is 3. The Morgan fingerprint density at radius 2 is 1.95 bits per heavy atom. The monoisotopic (exact) mass is 316 g/mol. The van der Waals surface area contributed by atoms with E-state index in [0.29, 0.717) is 29.4 Å². The maximum absolute atomic E-state index is 11.1. The van der Waals surface area contributed by atoms with Crippen LogP contribution in [0.4, 0.5) is 16.7 Å². The molecule has 0 saturated carbocycles. The summed E-state index contributed by atoms with van der Waals surface area (Å²) in [5.41, 5.74) is 0.